The van der Waals surface area contributed by atoms with Crippen LogP contribution in [-0.4, -0.2) is 30.5 Å². The molecule has 0 unspecified atom stereocenters. The highest BCUT2D eigenvalue weighted by Crippen LogP contribution is 2.41. The lowest BCUT2D eigenvalue weighted by molar-refractivity contribution is 0.0826. The lowest BCUT2D eigenvalue weighted by Crippen LogP contribution is -2.32. The summed E-state index contributed by atoms with van der Waals surface area (Å²) in [5, 5.41) is 20.6. The third kappa shape index (κ3) is 3.73. The molecule has 0 radical (unpaired) electrons. The summed E-state index contributed by atoms with van der Waals surface area (Å²) in [6, 6.07) is 2.48. The zero-order chi connectivity index (χ0) is 14.7. The molecule has 0 bridgehead atoms. The first-order valence-corrected chi connectivity index (χ1v) is 6.97. The van der Waals surface area contributed by atoms with E-state index in [9.17, 15) is 10.2 Å². The predicted molar refractivity (Wildman–Crippen MR) is 83.4 cm³/mol. The van der Waals surface area contributed by atoms with Crippen molar-refractivity contribution in [3.63, 3.8) is 0 Å². The quantitative estimate of drug-likeness (QED) is 0.776. The number of nitrogens with two attached hydrogens (primary N) is 1. The van der Waals surface area contributed by atoms with Crippen LogP contribution in [0.2, 0.25) is 0 Å². The average molecular weight is 318 g/mol. The predicted octanol–water partition coefficient (Wildman–Crippen LogP) is 2.38. The second kappa shape index (κ2) is 7.73. The molecular weight excluding hydrogens is 294 g/mol. The highest BCUT2D eigenvalue weighted by atomic mass is 35.5. The van der Waals surface area contributed by atoms with Gasteiger partial charge in [-0.25, -0.2) is 0 Å². The Morgan fingerprint density at radius 1 is 1.19 bits per heavy atom. The lowest BCUT2D eigenvalue weighted by atomic mass is 9.90. The first-order chi connectivity index (χ1) is 9.58. The molecule has 1 aromatic carbocycles. The van der Waals surface area contributed by atoms with Crippen LogP contribution in [0.15, 0.2) is 12.1 Å². The number of phenols is 1. The van der Waals surface area contributed by atoms with Crippen LogP contribution in [0.4, 0.5) is 0 Å². The van der Waals surface area contributed by atoms with E-state index >= 15 is 0 Å². The summed E-state index contributed by atoms with van der Waals surface area (Å²) < 4.78 is 10.4. The molecule has 2 atom stereocenters. The summed E-state index contributed by atoms with van der Waals surface area (Å²) in [6.07, 6.45) is 3.54. The van der Waals surface area contributed by atoms with E-state index in [4.69, 9.17) is 15.2 Å². The number of benzene rings is 1. The van der Waals surface area contributed by atoms with Crippen LogP contribution in [0.25, 0.3) is 0 Å². The zero-order valence-corrected chi connectivity index (χ0v) is 13.2. The molecule has 2 rings (SSSR count). The summed E-state index contributed by atoms with van der Waals surface area (Å²) in [5.74, 6) is 1.11. The van der Waals surface area contributed by atoms with Gasteiger partial charge in [0.2, 0.25) is 0 Å². The summed E-state index contributed by atoms with van der Waals surface area (Å²) in [5.41, 5.74) is 6.59. The monoisotopic (exact) mass is 317 g/mol. The van der Waals surface area contributed by atoms with Crippen LogP contribution in [-0.2, 0) is 0 Å². The van der Waals surface area contributed by atoms with Gasteiger partial charge >= 0.3 is 0 Å². The van der Waals surface area contributed by atoms with Gasteiger partial charge in [0.1, 0.15) is 17.2 Å². The normalized spacial score (nSPS) is 17.9. The molecule has 1 aliphatic carbocycles. The van der Waals surface area contributed by atoms with Gasteiger partial charge in [0.15, 0.2) is 0 Å². The Balaban J connectivity index is 0.00000220. The smallest absolute Gasteiger partial charge is 0.131 e. The van der Waals surface area contributed by atoms with Gasteiger partial charge < -0.3 is 25.4 Å². The number of methoxy groups -OCH3 is 2. The molecule has 1 saturated carbocycles. The SMILES string of the molecule is COc1cc(O)c([C@H](N)[C@H](O)C2CCCC2)c(OC)c1.Cl. The van der Waals surface area contributed by atoms with Crippen molar-refractivity contribution in [2.24, 2.45) is 11.7 Å². The summed E-state index contributed by atoms with van der Waals surface area (Å²) >= 11 is 0. The third-order valence-corrected chi connectivity index (χ3v) is 4.13. The number of aliphatic hydroxyl groups excluding tert-OH is 1. The second-order valence-corrected chi connectivity index (χ2v) is 5.32. The van der Waals surface area contributed by atoms with Crippen LogP contribution >= 0.6 is 12.4 Å². The molecular formula is C15H24ClNO4. The Morgan fingerprint density at radius 2 is 1.81 bits per heavy atom. The molecule has 5 nitrogen and oxygen atoms in total. The Morgan fingerprint density at radius 3 is 2.33 bits per heavy atom. The van der Waals surface area contributed by atoms with Crippen molar-refractivity contribution in [1.29, 1.82) is 0 Å². The number of aromatic hydroxyl groups is 1. The van der Waals surface area contributed by atoms with Crippen molar-refractivity contribution in [3.8, 4) is 17.2 Å². The largest absolute Gasteiger partial charge is 0.507 e. The van der Waals surface area contributed by atoms with Crippen LogP contribution < -0.4 is 15.2 Å². The van der Waals surface area contributed by atoms with Crippen molar-refractivity contribution < 1.29 is 19.7 Å². The molecule has 0 aromatic heterocycles. The maximum atomic E-state index is 10.4. The van der Waals surface area contributed by atoms with Crippen molar-refractivity contribution in [2.75, 3.05) is 14.2 Å². The Labute approximate surface area is 131 Å². The molecule has 120 valence electrons. The van der Waals surface area contributed by atoms with Gasteiger partial charge in [0.05, 0.1) is 31.9 Å². The number of hydrogen-bond acceptors (Lipinski definition) is 5. The average Bonchev–Trinajstić information content (AvgIpc) is 2.98. The van der Waals surface area contributed by atoms with Gasteiger partial charge in [-0.1, -0.05) is 12.8 Å². The molecule has 6 heteroatoms. The fourth-order valence-corrected chi connectivity index (χ4v) is 2.97. The fraction of sp³-hybridized carbons (Fsp3) is 0.600. The molecule has 0 amide bonds. The highest BCUT2D eigenvalue weighted by Gasteiger charge is 2.32. The van der Waals surface area contributed by atoms with Crippen LogP contribution in [0, 0.1) is 5.92 Å². The van der Waals surface area contributed by atoms with Crippen molar-refractivity contribution in [2.45, 2.75) is 37.8 Å². The molecule has 1 fully saturated rings. The lowest BCUT2D eigenvalue weighted by Gasteiger charge is -2.26. The molecule has 21 heavy (non-hydrogen) atoms. The first kappa shape index (κ1) is 17.9. The summed E-state index contributed by atoms with van der Waals surface area (Å²) in [7, 11) is 3.02. The van der Waals surface area contributed by atoms with Gasteiger partial charge in [0, 0.05) is 12.1 Å². The topological polar surface area (TPSA) is 84.9 Å². The van der Waals surface area contributed by atoms with Crippen LogP contribution in [0.3, 0.4) is 0 Å². The maximum Gasteiger partial charge on any atom is 0.131 e. The van der Waals surface area contributed by atoms with E-state index in [2.05, 4.69) is 0 Å². The fourth-order valence-electron chi connectivity index (χ4n) is 2.97. The van der Waals surface area contributed by atoms with Crippen molar-refractivity contribution in [3.05, 3.63) is 17.7 Å². The minimum Gasteiger partial charge on any atom is -0.507 e. The minimum absolute atomic E-state index is 0. The standard InChI is InChI=1S/C15H23NO4.ClH/c1-19-10-7-11(17)13(12(8-10)20-2)14(16)15(18)9-5-3-4-6-9;/h7-9,14-15,17-18H,3-6,16H2,1-2H3;1H/t14-,15+;/m0./s1. The number of aliphatic hydroxyl groups is 1. The Kier molecular flexibility index (Phi) is 6.58. The number of phenolic OH excluding ortho intramolecular Hbond substituents is 1. The van der Waals surface area contributed by atoms with Crippen molar-refractivity contribution >= 4 is 12.4 Å². The van der Waals surface area contributed by atoms with E-state index in [1.807, 2.05) is 0 Å². The molecule has 1 aliphatic rings. The first-order valence-electron chi connectivity index (χ1n) is 6.97. The molecule has 1 aromatic rings. The zero-order valence-electron chi connectivity index (χ0n) is 12.4. The highest BCUT2D eigenvalue weighted by molar-refractivity contribution is 5.85. The number of halogens is 1. The number of rotatable bonds is 5. The van der Waals surface area contributed by atoms with E-state index in [1.54, 1.807) is 6.07 Å². The van der Waals surface area contributed by atoms with Gasteiger partial charge in [-0.15, -0.1) is 12.4 Å². The minimum atomic E-state index is -0.675. The molecule has 0 heterocycles. The molecule has 4 N–H and O–H groups in total. The van der Waals surface area contributed by atoms with Crippen LogP contribution in [0.5, 0.6) is 17.2 Å². The molecule has 0 aliphatic heterocycles. The molecule has 0 saturated heterocycles. The van der Waals surface area contributed by atoms with E-state index < -0.39 is 12.1 Å². The number of ether oxygens (including phenoxy) is 2. The van der Waals surface area contributed by atoms with Crippen LogP contribution in [0.1, 0.15) is 37.3 Å². The third-order valence-electron chi connectivity index (χ3n) is 4.13. The van der Waals surface area contributed by atoms with E-state index in [-0.39, 0.29) is 24.1 Å². The second-order valence-electron chi connectivity index (χ2n) is 5.32. The Hall–Kier alpha value is -1.17. The number of hydrogen-bond donors (Lipinski definition) is 3. The van der Waals surface area contributed by atoms with Gasteiger partial charge in [-0.2, -0.15) is 0 Å². The molecule has 0 spiro atoms. The Bertz CT molecular complexity index is 463. The van der Waals surface area contributed by atoms with E-state index in [1.165, 1.54) is 20.3 Å². The van der Waals surface area contributed by atoms with Crippen molar-refractivity contribution in [1.82, 2.24) is 0 Å². The van der Waals surface area contributed by atoms with Gasteiger partial charge in [-0.3, -0.25) is 0 Å². The van der Waals surface area contributed by atoms with E-state index in [0.29, 0.717) is 17.1 Å². The summed E-state index contributed by atoms with van der Waals surface area (Å²) in [4.78, 5) is 0. The maximum absolute atomic E-state index is 10.4. The van der Waals surface area contributed by atoms with E-state index in [0.717, 1.165) is 25.7 Å². The summed E-state index contributed by atoms with van der Waals surface area (Å²) in [6.45, 7) is 0. The van der Waals surface area contributed by atoms with Gasteiger partial charge in [-0.05, 0) is 18.8 Å². The van der Waals surface area contributed by atoms with Gasteiger partial charge in [0.25, 0.3) is 0 Å².